The summed E-state index contributed by atoms with van der Waals surface area (Å²) in [5.74, 6) is -1.31. The lowest BCUT2D eigenvalue weighted by Gasteiger charge is -2.37. The van der Waals surface area contributed by atoms with Crippen molar-refractivity contribution in [2.75, 3.05) is 18.1 Å². The van der Waals surface area contributed by atoms with Gasteiger partial charge in [0, 0.05) is 17.6 Å². The lowest BCUT2D eigenvalue weighted by Crippen LogP contribution is -2.58. The summed E-state index contributed by atoms with van der Waals surface area (Å²) in [7, 11) is 1.45. The Balaban J connectivity index is 1.76. The van der Waals surface area contributed by atoms with Crippen LogP contribution in [0.4, 0.5) is 16.2 Å². The van der Waals surface area contributed by atoms with Crippen LogP contribution in [0.2, 0.25) is 0 Å². The molecule has 1 aromatic carbocycles. The molecule has 0 saturated carbocycles. The van der Waals surface area contributed by atoms with Gasteiger partial charge in [-0.25, -0.2) is 4.79 Å². The summed E-state index contributed by atoms with van der Waals surface area (Å²) in [5, 5.41) is 16.1. The van der Waals surface area contributed by atoms with Crippen LogP contribution in [0.15, 0.2) is 22.7 Å². The molecule has 2 heterocycles. The maximum absolute atomic E-state index is 13.7. The van der Waals surface area contributed by atoms with Crippen LogP contribution in [-0.4, -0.2) is 81.6 Å². The molecule has 1 aromatic rings. The molecule has 0 spiro atoms. The number of carbonyl (C=O) groups is 4. The number of nitrogen functional groups attached to an aromatic ring is 1. The molecule has 210 valence electrons. The molecule has 0 aromatic heterocycles. The zero-order valence-corrected chi connectivity index (χ0v) is 24.1. The largest absolute Gasteiger partial charge is 0.444 e. The van der Waals surface area contributed by atoms with E-state index in [4.69, 9.17) is 10.5 Å². The number of halogens is 1. The van der Waals surface area contributed by atoms with E-state index in [0.29, 0.717) is 41.5 Å². The molecule has 0 radical (unpaired) electrons. The minimum absolute atomic E-state index is 0.199. The molecule has 11 nitrogen and oxygen atoms in total. The predicted molar refractivity (Wildman–Crippen MR) is 146 cm³/mol. The van der Waals surface area contributed by atoms with Crippen LogP contribution >= 0.6 is 15.9 Å². The quantitative estimate of drug-likeness (QED) is 0.381. The number of nitrogens with zero attached hydrogens (tertiary/aromatic N) is 2. The minimum atomic E-state index is -0.959. The van der Waals surface area contributed by atoms with Gasteiger partial charge in [-0.1, -0.05) is 6.07 Å². The number of nitrogens with two attached hydrogens (primary N) is 1. The molecular formula is C26H38BrN5O6. The number of benzene rings is 1. The maximum atomic E-state index is 13.7. The van der Waals surface area contributed by atoms with Crippen molar-refractivity contribution in [3.05, 3.63) is 22.7 Å². The van der Waals surface area contributed by atoms with Crippen molar-refractivity contribution in [2.45, 2.75) is 95.7 Å². The van der Waals surface area contributed by atoms with Crippen molar-refractivity contribution in [3.8, 4) is 0 Å². The topological polar surface area (TPSA) is 154 Å². The number of nitrogens with one attached hydrogen (secondary N) is 2. The van der Waals surface area contributed by atoms with E-state index in [1.165, 1.54) is 16.8 Å². The van der Waals surface area contributed by atoms with Gasteiger partial charge in [-0.3, -0.25) is 19.3 Å². The standard InChI is InChI=1S/C26H38BrN5O6/c1-14(31(5)25(37)38-26(2,3)4)22(34)30-19-11-10-16(33)13-15-9-12-20(32(15)24(19)36)23(35)29-18-8-6-7-17(27)21(18)28/h6-8,14-16,19-20,33H,9-13,28H2,1-5H3,(H,29,35)(H,30,34)/t14-,15+,16-,19-,20-/m0/s1. The fourth-order valence-corrected chi connectivity index (χ4v) is 5.12. The van der Waals surface area contributed by atoms with E-state index in [1.54, 1.807) is 45.9 Å². The average Bonchev–Trinajstić information content (AvgIpc) is 3.24. The number of ether oxygens (including phenoxy) is 1. The summed E-state index contributed by atoms with van der Waals surface area (Å²) in [6.07, 6.45) is 0.497. The first-order valence-electron chi connectivity index (χ1n) is 12.8. The number of hydrogen-bond donors (Lipinski definition) is 4. The monoisotopic (exact) mass is 595 g/mol. The molecule has 5 atom stereocenters. The van der Waals surface area contributed by atoms with Crippen molar-refractivity contribution in [3.63, 3.8) is 0 Å². The van der Waals surface area contributed by atoms with E-state index in [9.17, 15) is 24.3 Å². The van der Waals surface area contributed by atoms with E-state index in [2.05, 4.69) is 26.6 Å². The van der Waals surface area contributed by atoms with E-state index in [0.717, 1.165) is 0 Å². The molecule has 2 saturated heterocycles. The van der Waals surface area contributed by atoms with Crippen LogP contribution in [0.3, 0.4) is 0 Å². The Hall–Kier alpha value is -2.86. The number of likely N-dealkylation sites (N-methyl/N-ethyl adjacent to an activating group) is 1. The molecule has 38 heavy (non-hydrogen) atoms. The number of amides is 4. The van der Waals surface area contributed by atoms with Gasteiger partial charge in [0.05, 0.1) is 17.5 Å². The summed E-state index contributed by atoms with van der Waals surface area (Å²) in [4.78, 5) is 55.2. The van der Waals surface area contributed by atoms with Crippen LogP contribution in [0.25, 0.3) is 0 Å². The molecule has 4 amide bonds. The Morgan fingerprint density at radius 3 is 2.55 bits per heavy atom. The third kappa shape index (κ3) is 6.96. The van der Waals surface area contributed by atoms with Crippen molar-refractivity contribution < 1.29 is 29.0 Å². The SMILES string of the molecule is C[C@@H](C(=O)N[C@H]1CC[C@H](O)C[C@H]2CC[C@@H](C(=O)Nc3cccc(Br)c3N)N2C1=O)N(C)C(=O)OC(C)(C)C. The van der Waals surface area contributed by atoms with E-state index in [1.807, 2.05) is 0 Å². The van der Waals surface area contributed by atoms with Gasteiger partial charge in [-0.05, 0) is 87.9 Å². The number of carbonyl (C=O) groups excluding carboxylic acids is 4. The van der Waals surface area contributed by atoms with Gasteiger partial charge in [0.2, 0.25) is 17.7 Å². The molecule has 0 unspecified atom stereocenters. The Labute approximate surface area is 231 Å². The molecule has 0 bridgehead atoms. The molecular weight excluding hydrogens is 558 g/mol. The van der Waals surface area contributed by atoms with Gasteiger partial charge < -0.3 is 31.1 Å². The molecule has 2 aliphatic heterocycles. The highest BCUT2D eigenvalue weighted by atomic mass is 79.9. The maximum Gasteiger partial charge on any atom is 0.410 e. The lowest BCUT2D eigenvalue weighted by atomic mass is 9.96. The third-order valence-electron chi connectivity index (χ3n) is 6.96. The first-order valence-corrected chi connectivity index (χ1v) is 13.6. The number of aliphatic hydroxyl groups excluding tert-OH is 1. The smallest absolute Gasteiger partial charge is 0.410 e. The van der Waals surface area contributed by atoms with E-state index in [-0.39, 0.29) is 24.3 Å². The van der Waals surface area contributed by atoms with Crippen LogP contribution in [-0.2, 0) is 19.1 Å². The van der Waals surface area contributed by atoms with Gasteiger partial charge in [0.25, 0.3) is 0 Å². The van der Waals surface area contributed by atoms with Crippen LogP contribution in [0.5, 0.6) is 0 Å². The number of hydrogen-bond acceptors (Lipinski definition) is 7. The Morgan fingerprint density at radius 2 is 1.89 bits per heavy atom. The van der Waals surface area contributed by atoms with Gasteiger partial charge in [-0.15, -0.1) is 0 Å². The minimum Gasteiger partial charge on any atom is -0.444 e. The zero-order chi connectivity index (χ0) is 28.4. The van der Waals surface area contributed by atoms with Gasteiger partial charge in [0.15, 0.2) is 0 Å². The zero-order valence-electron chi connectivity index (χ0n) is 22.5. The average molecular weight is 597 g/mol. The highest BCUT2D eigenvalue weighted by molar-refractivity contribution is 9.10. The van der Waals surface area contributed by atoms with Gasteiger partial charge in [0.1, 0.15) is 23.7 Å². The highest BCUT2D eigenvalue weighted by Crippen LogP contribution is 2.33. The number of aliphatic hydroxyl groups is 1. The normalized spacial score (nSPS) is 24.5. The Kier molecular flexibility index (Phi) is 9.30. The number of fused-ring (bicyclic) bond motifs is 1. The highest BCUT2D eigenvalue weighted by Gasteiger charge is 2.45. The van der Waals surface area contributed by atoms with E-state index >= 15 is 0 Å². The first kappa shape index (κ1) is 29.7. The Morgan fingerprint density at radius 1 is 1.21 bits per heavy atom. The molecule has 2 aliphatic rings. The van der Waals surface area contributed by atoms with Crippen LogP contribution in [0, 0.1) is 0 Å². The molecule has 0 aliphatic carbocycles. The molecule has 2 fully saturated rings. The molecule has 12 heteroatoms. The number of anilines is 2. The fourth-order valence-electron chi connectivity index (χ4n) is 4.76. The van der Waals surface area contributed by atoms with Crippen molar-refractivity contribution >= 4 is 51.1 Å². The summed E-state index contributed by atoms with van der Waals surface area (Å²) in [6, 6.07) is 2.18. The van der Waals surface area contributed by atoms with Gasteiger partial charge in [-0.2, -0.15) is 0 Å². The molecule has 3 rings (SSSR count). The number of rotatable bonds is 5. The second-order valence-electron chi connectivity index (χ2n) is 11.0. The Bertz CT molecular complexity index is 1080. The summed E-state index contributed by atoms with van der Waals surface area (Å²) in [5.41, 5.74) is 6.15. The van der Waals surface area contributed by atoms with Gasteiger partial charge >= 0.3 is 6.09 Å². The lowest BCUT2D eigenvalue weighted by molar-refractivity contribution is -0.144. The van der Waals surface area contributed by atoms with Crippen molar-refractivity contribution in [2.24, 2.45) is 0 Å². The first-order chi connectivity index (χ1) is 17.7. The second kappa shape index (κ2) is 11.9. The summed E-state index contributed by atoms with van der Waals surface area (Å²) in [6.45, 7) is 6.72. The predicted octanol–water partition coefficient (Wildman–Crippen LogP) is 2.61. The summed E-state index contributed by atoms with van der Waals surface area (Å²) < 4.78 is 5.97. The van der Waals surface area contributed by atoms with Crippen LogP contribution < -0.4 is 16.4 Å². The van der Waals surface area contributed by atoms with Crippen LogP contribution in [0.1, 0.15) is 59.8 Å². The second-order valence-corrected chi connectivity index (χ2v) is 11.8. The van der Waals surface area contributed by atoms with Crippen molar-refractivity contribution in [1.82, 2.24) is 15.1 Å². The summed E-state index contributed by atoms with van der Waals surface area (Å²) >= 11 is 3.34. The fraction of sp³-hybridized carbons (Fsp3) is 0.615. The number of para-hydroxylation sites is 1. The molecule has 5 N–H and O–H groups in total. The van der Waals surface area contributed by atoms with E-state index < -0.39 is 41.8 Å². The third-order valence-corrected chi connectivity index (χ3v) is 7.65. The van der Waals surface area contributed by atoms with Crippen molar-refractivity contribution in [1.29, 1.82) is 0 Å².